The Bertz CT molecular complexity index is 1490. The fourth-order valence-corrected chi connectivity index (χ4v) is 5.00. The normalized spacial score (nSPS) is 11.9. The number of rotatable bonds is 1. The molecule has 0 N–H and O–H groups in total. The molecule has 0 atom stereocenters. The molecule has 0 saturated heterocycles. The van der Waals surface area contributed by atoms with Crippen molar-refractivity contribution in [3.05, 3.63) is 75.9 Å². The number of fused-ring (bicyclic) bond motifs is 6. The van der Waals surface area contributed by atoms with Gasteiger partial charge in [0, 0.05) is 25.1 Å². The van der Waals surface area contributed by atoms with Gasteiger partial charge in [0.1, 0.15) is 17.4 Å². The summed E-state index contributed by atoms with van der Waals surface area (Å²) in [4.78, 5) is 9.15. The molecule has 6 aromatic rings. The van der Waals surface area contributed by atoms with Crippen LogP contribution in [0.4, 0.5) is 0 Å². The van der Waals surface area contributed by atoms with Crippen LogP contribution in [0, 0.1) is 0 Å². The molecular weight excluding hydrogens is 482 g/mol. The molecule has 0 amide bonds. The molecule has 3 aromatic heterocycles. The monoisotopic (exact) mass is 491 g/mol. The zero-order valence-corrected chi connectivity index (χ0v) is 17.5. The zero-order chi connectivity index (χ0) is 18.8. The largest absolute Gasteiger partial charge is 0.450 e. The van der Waals surface area contributed by atoms with Crippen molar-refractivity contribution >= 4 is 75.7 Å². The maximum Gasteiger partial charge on any atom is 0.197 e. The first-order chi connectivity index (χ1) is 13.7. The summed E-state index contributed by atoms with van der Waals surface area (Å²) in [5.41, 5.74) is 4.39. The third-order valence-corrected chi connectivity index (χ3v) is 6.34. The molecule has 0 aliphatic rings. The summed E-state index contributed by atoms with van der Waals surface area (Å²) in [5, 5.41) is 3.28. The van der Waals surface area contributed by atoms with E-state index in [1.54, 1.807) is 6.33 Å². The fraction of sp³-hybridized carbons (Fsp3) is 0. The SMILES string of the molecule is Brc1cccc2c3cccc(Br)c3n(-c3ncnc4c3oc3ccccc34)c12. The maximum absolute atomic E-state index is 6.21. The van der Waals surface area contributed by atoms with E-state index in [-0.39, 0.29) is 0 Å². The Balaban J connectivity index is 1.88. The van der Waals surface area contributed by atoms with Gasteiger partial charge < -0.3 is 4.42 Å². The summed E-state index contributed by atoms with van der Waals surface area (Å²) in [5.74, 6) is 0.722. The Morgan fingerprint density at radius 1 is 0.714 bits per heavy atom. The second-order valence-corrected chi connectivity index (χ2v) is 8.29. The predicted octanol–water partition coefficient (Wildman–Crippen LogP) is 7.00. The number of halogens is 2. The minimum Gasteiger partial charge on any atom is -0.450 e. The van der Waals surface area contributed by atoms with Gasteiger partial charge in [0.15, 0.2) is 11.4 Å². The highest BCUT2D eigenvalue weighted by Gasteiger charge is 2.21. The van der Waals surface area contributed by atoms with Gasteiger partial charge >= 0.3 is 0 Å². The van der Waals surface area contributed by atoms with Gasteiger partial charge in [-0.1, -0.05) is 36.4 Å². The van der Waals surface area contributed by atoms with Crippen molar-refractivity contribution in [2.24, 2.45) is 0 Å². The van der Waals surface area contributed by atoms with Gasteiger partial charge in [-0.25, -0.2) is 9.97 Å². The predicted molar refractivity (Wildman–Crippen MR) is 119 cm³/mol. The molecule has 0 bridgehead atoms. The number of aromatic nitrogens is 3. The molecule has 6 rings (SSSR count). The van der Waals surface area contributed by atoms with Crippen LogP contribution in [0.3, 0.4) is 0 Å². The number of nitrogens with zero attached hydrogens (tertiary/aromatic N) is 3. The average molecular weight is 493 g/mol. The highest BCUT2D eigenvalue weighted by atomic mass is 79.9. The Morgan fingerprint density at radius 3 is 2.07 bits per heavy atom. The van der Waals surface area contributed by atoms with Crippen LogP contribution in [0.1, 0.15) is 0 Å². The molecule has 134 valence electrons. The molecule has 0 radical (unpaired) electrons. The first-order valence-corrected chi connectivity index (χ1v) is 10.3. The maximum atomic E-state index is 6.21. The molecule has 0 saturated carbocycles. The van der Waals surface area contributed by atoms with Gasteiger partial charge in [0.05, 0.1) is 11.0 Å². The van der Waals surface area contributed by atoms with Gasteiger partial charge in [-0.05, 0) is 56.1 Å². The van der Waals surface area contributed by atoms with E-state index >= 15 is 0 Å². The molecule has 3 aromatic carbocycles. The summed E-state index contributed by atoms with van der Waals surface area (Å²) in [6.07, 6.45) is 1.60. The van der Waals surface area contributed by atoms with Gasteiger partial charge in [0.2, 0.25) is 0 Å². The molecule has 0 fully saturated rings. The van der Waals surface area contributed by atoms with Crippen molar-refractivity contribution in [1.29, 1.82) is 0 Å². The van der Waals surface area contributed by atoms with Crippen LogP contribution < -0.4 is 0 Å². The van der Waals surface area contributed by atoms with Gasteiger partial charge in [-0.15, -0.1) is 0 Å². The van der Waals surface area contributed by atoms with Crippen molar-refractivity contribution in [3.8, 4) is 5.82 Å². The third-order valence-electron chi connectivity index (χ3n) is 5.06. The highest BCUT2D eigenvalue weighted by molar-refractivity contribution is 9.11. The van der Waals surface area contributed by atoms with Crippen molar-refractivity contribution in [2.75, 3.05) is 0 Å². The van der Waals surface area contributed by atoms with Crippen molar-refractivity contribution in [2.45, 2.75) is 0 Å². The lowest BCUT2D eigenvalue weighted by atomic mass is 10.2. The minimum atomic E-state index is 0.675. The quantitative estimate of drug-likeness (QED) is 0.248. The molecular formula is C22H11Br2N3O. The Labute approximate surface area is 176 Å². The molecule has 0 aliphatic carbocycles. The van der Waals surface area contributed by atoms with E-state index in [0.29, 0.717) is 5.58 Å². The number of benzene rings is 3. The molecule has 0 spiro atoms. The first kappa shape index (κ1) is 16.3. The van der Waals surface area contributed by atoms with Gasteiger partial charge in [0.25, 0.3) is 0 Å². The van der Waals surface area contributed by atoms with Crippen LogP contribution in [0.5, 0.6) is 0 Å². The van der Waals surface area contributed by atoms with Crippen LogP contribution in [0.15, 0.2) is 80.4 Å². The summed E-state index contributed by atoms with van der Waals surface area (Å²) < 4.78 is 10.3. The lowest BCUT2D eigenvalue weighted by molar-refractivity contribution is 0.662. The van der Waals surface area contributed by atoms with Crippen LogP contribution in [0.2, 0.25) is 0 Å². The van der Waals surface area contributed by atoms with E-state index in [9.17, 15) is 0 Å². The van der Waals surface area contributed by atoms with Crippen LogP contribution in [-0.2, 0) is 0 Å². The van der Waals surface area contributed by atoms with E-state index in [1.807, 2.05) is 48.5 Å². The summed E-state index contributed by atoms with van der Waals surface area (Å²) >= 11 is 7.47. The van der Waals surface area contributed by atoms with E-state index < -0.39 is 0 Å². The highest BCUT2D eigenvalue weighted by Crippen LogP contribution is 2.40. The van der Waals surface area contributed by atoms with Crippen LogP contribution in [0.25, 0.3) is 49.7 Å². The molecule has 0 aliphatic heterocycles. The van der Waals surface area contributed by atoms with Crippen molar-refractivity contribution in [3.63, 3.8) is 0 Å². The minimum absolute atomic E-state index is 0.675. The second-order valence-electron chi connectivity index (χ2n) is 6.58. The number of hydrogen-bond donors (Lipinski definition) is 0. The lowest BCUT2D eigenvalue weighted by Crippen LogP contribution is -1.99. The molecule has 6 heteroatoms. The van der Waals surface area contributed by atoms with Crippen LogP contribution in [-0.4, -0.2) is 14.5 Å². The van der Waals surface area contributed by atoms with E-state index in [1.165, 1.54) is 0 Å². The smallest absolute Gasteiger partial charge is 0.197 e. The topological polar surface area (TPSA) is 43.9 Å². The van der Waals surface area contributed by atoms with Crippen molar-refractivity contribution in [1.82, 2.24) is 14.5 Å². The Hall–Kier alpha value is -2.70. The molecule has 28 heavy (non-hydrogen) atoms. The molecule has 4 nitrogen and oxygen atoms in total. The van der Waals surface area contributed by atoms with E-state index in [0.717, 1.165) is 53.1 Å². The van der Waals surface area contributed by atoms with Gasteiger partial charge in [-0.2, -0.15) is 0 Å². The van der Waals surface area contributed by atoms with Gasteiger partial charge in [-0.3, -0.25) is 4.57 Å². The van der Waals surface area contributed by atoms with E-state index in [2.05, 4.69) is 58.5 Å². The molecule has 3 heterocycles. The fourth-order valence-electron chi connectivity index (χ4n) is 3.91. The first-order valence-electron chi connectivity index (χ1n) is 8.74. The van der Waals surface area contributed by atoms with E-state index in [4.69, 9.17) is 4.42 Å². The number of furan rings is 1. The van der Waals surface area contributed by atoms with Crippen molar-refractivity contribution < 1.29 is 4.42 Å². The van der Waals surface area contributed by atoms with Crippen LogP contribution >= 0.6 is 31.9 Å². The third kappa shape index (κ3) is 2.10. The Kier molecular flexibility index (Phi) is 3.43. The lowest BCUT2D eigenvalue weighted by Gasteiger charge is -2.08. The molecule has 0 unspecified atom stereocenters. The standard InChI is InChI=1S/C22H11Br2N3O/c23-15-8-3-6-12-13-7-4-9-16(24)20(13)27(19(12)15)22-21-18(25-11-26-22)14-5-1-2-10-17(14)28-21/h1-11H. The Morgan fingerprint density at radius 2 is 1.36 bits per heavy atom. The summed E-state index contributed by atoms with van der Waals surface area (Å²) in [6.45, 7) is 0. The number of hydrogen-bond acceptors (Lipinski definition) is 3. The summed E-state index contributed by atoms with van der Waals surface area (Å²) in [7, 11) is 0. The number of para-hydroxylation sites is 3. The summed E-state index contributed by atoms with van der Waals surface area (Å²) in [6, 6.07) is 20.4. The average Bonchev–Trinajstić information content (AvgIpc) is 3.26. The zero-order valence-electron chi connectivity index (χ0n) is 14.4. The second kappa shape index (κ2) is 5.90.